The standard InChI is InChI=1S/C14H19BrFNO/c1-11(18)4-3-8-17(2)9-7-12-10-13(15)5-6-14(12)16/h5-6,10H,3-4,7-9H2,1-2H3. The molecule has 18 heavy (non-hydrogen) atoms. The summed E-state index contributed by atoms with van der Waals surface area (Å²) in [6.07, 6.45) is 2.17. The number of rotatable bonds is 7. The Hall–Kier alpha value is -0.740. The second kappa shape index (κ2) is 7.64. The summed E-state index contributed by atoms with van der Waals surface area (Å²) in [5, 5.41) is 0. The molecule has 0 radical (unpaired) electrons. The number of hydrogen-bond acceptors (Lipinski definition) is 2. The molecule has 0 heterocycles. The fraction of sp³-hybridized carbons (Fsp3) is 0.500. The Morgan fingerprint density at radius 3 is 2.78 bits per heavy atom. The molecule has 0 aromatic heterocycles. The molecule has 0 bridgehead atoms. The smallest absolute Gasteiger partial charge is 0.129 e. The second-order valence-electron chi connectivity index (χ2n) is 4.59. The van der Waals surface area contributed by atoms with Gasteiger partial charge in [-0.15, -0.1) is 0 Å². The van der Waals surface area contributed by atoms with Gasteiger partial charge in [-0.2, -0.15) is 0 Å². The quantitative estimate of drug-likeness (QED) is 0.768. The van der Waals surface area contributed by atoms with Crippen molar-refractivity contribution in [3.63, 3.8) is 0 Å². The average molecular weight is 316 g/mol. The molecule has 0 atom stereocenters. The van der Waals surface area contributed by atoms with Gasteiger partial charge < -0.3 is 9.69 Å². The topological polar surface area (TPSA) is 20.3 Å². The Bertz CT molecular complexity index is 409. The molecular formula is C14H19BrFNO. The van der Waals surface area contributed by atoms with E-state index in [1.807, 2.05) is 13.1 Å². The molecule has 0 amide bonds. The van der Waals surface area contributed by atoms with Gasteiger partial charge in [0.1, 0.15) is 11.6 Å². The zero-order valence-corrected chi connectivity index (χ0v) is 12.5. The normalized spacial score (nSPS) is 10.9. The minimum absolute atomic E-state index is 0.157. The first-order chi connectivity index (χ1) is 8.49. The van der Waals surface area contributed by atoms with E-state index >= 15 is 0 Å². The predicted octanol–water partition coefficient (Wildman–Crippen LogP) is 3.43. The second-order valence-corrected chi connectivity index (χ2v) is 5.51. The number of Topliss-reactive ketones (excluding diaryl/α,β-unsaturated/α-hetero) is 1. The molecule has 0 spiro atoms. The highest BCUT2D eigenvalue weighted by Crippen LogP contribution is 2.16. The van der Waals surface area contributed by atoms with Crippen molar-refractivity contribution >= 4 is 21.7 Å². The lowest BCUT2D eigenvalue weighted by Gasteiger charge is -2.16. The van der Waals surface area contributed by atoms with Gasteiger partial charge in [-0.1, -0.05) is 15.9 Å². The molecule has 0 aliphatic heterocycles. The van der Waals surface area contributed by atoms with Gasteiger partial charge in [0.05, 0.1) is 0 Å². The maximum Gasteiger partial charge on any atom is 0.129 e. The van der Waals surface area contributed by atoms with Gasteiger partial charge in [0.15, 0.2) is 0 Å². The number of halogens is 2. The van der Waals surface area contributed by atoms with Crippen molar-refractivity contribution in [3.8, 4) is 0 Å². The van der Waals surface area contributed by atoms with Crippen LogP contribution in [0.2, 0.25) is 0 Å². The van der Waals surface area contributed by atoms with Crippen LogP contribution in [-0.4, -0.2) is 30.8 Å². The van der Waals surface area contributed by atoms with Crippen molar-refractivity contribution in [2.45, 2.75) is 26.2 Å². The van der Waals surface area contributed by atoms with E-state index in [9.17, 15) is 9.18 Å². The zero-order chi connectivity index (χ0) is 13.5. The molecule has 1 aromatic rings. The first-order valence-corrected chi connectivity index (χ1v) is 6.90. The highest BCUT2D eigenvalue weighted by atomic mass is 79.9. The van der Waals surface area contributed by atoms with Crippen LogP contribution in [0, 0.1) is 5.82 Å². The summed E-state index contributed by atoms with van der Waals surface area (Å²) in [7, 11) is 2.00. The molecule has 0 N–H and O–H groups in total. The van der Waals surface area contributed by atoms with E-state index < -0.39 is 0 Å². The zero-order valence-electron chi connectivity index (χ0n) is 10.9. The minimum atomic E-state index is -0.157. The van der Waals surface area contributed by atoms with Gasteiger partial charge in [-0.3, -0.25) is 0 Å². The van der Waals surface area contributed by atoms with Crippen LogP contribution in [-0.2, 0) is 11.2 Å². The first kappa shape index (κ1) is 15.3. The van der Waals surface area contributed by atoms with E-state index in [0.29, 0.717) is 12.8 Å². The first-order valence-electron chi connectivity index (χ1n) is 6.11. The van der Waals surface area contributed by atoms with Gasteiger partial charge >= 0.3 is 0 Å². The largest absolute Gasteiger partial charge is 0.306 e. The van der Waals surface area contributed by atoms with Crippen LogP contribution in [0.3, 0.4) is 0 Å². The number of carbonyl (C=O) groups is 1. The van der Waals surface area contributed by atoms with Crippen LogP contribution >= 0.6 is 15.9 Å². The highest BCUT2D eigenvalue weighted by Gasteiger charge is 2.05. The van der Waals surface area contributed by atoms with Crippen molar-refractivity contribution in [2.75, 3.05) is 20.1 Å². The fourth-order valence-electron chi connectivity index (χ4n) is 1.76. The number of nitrogens with zero attached hydrogens (tertiary/aromatic N) is 1. The highest BCUT2D eigenvalue weighted by molar-refractivity contribution is 9.10. The molecule has 0 saturated carbocycles. The number of benzene rings is 1. The van der Waals surface area contributed by atoms with Gasteiger partial charge in [-0.05, 0) is 57.1 Å². The predicted molar refractivity (Wildman–Crippen MR) is 75.2 cm³/mol. The molecule has 1 rings (SSSR count). The molecule has 0 unspecified atom stereocenters. The number of likely N-dealkylation sites (N-methyl/N-ethyl adjacent to an activating group) is 1. The molecule has 0 fully saturated rings. The van der Waals surface area contributed by atoms with E-state index in [4.69, 9.17) is 0 Å². The molecule has 2 nitrogen and oxygen atoms in total. The van der Waals surface area contributed by atoms with Crippen molar-refractivity contribution < 1.29 is 9.18 Å². The molecule has 4 heteroatoms. The lowest BCUT2D eigenvalue weighted by atomic mass is 10.1. The van der Waals surface area contributed by atoms with Crippen molar-refractivity contribution in [3.05, 3.63) is 34.1 Å². The number of carbonyl (C=O) groups excluding carboxylic acids is 1. The van der Waals surface area contributed by atoms with Crippen molar-refractivity contribution in [1.29, 1.82) is 0 Å². The minimum Gasteiger partial charge on any atom is -0.306 e. The van der Waals surface area contributed by atoms with Crippen LogP contribution < -0.4 is 0 Å². The molecule has 0 saturated heterocycles. The fourth-order valence-corrected chi connectivity index (χ4v) is 2.16. The Labute approximate surface area is 116 Å². The molecular weight excluding hydrogens is 297 g/mol. The molecule has 0 aliphatic carbocycles. The third-order valence-electron chi connectivity index (χ3n) is 2.84. The van der Waals surface area contributed by atoms with Gasteiger partial charge in [0.25, 0.3) is 0 Å². The van der Waals surface area contributed by atoms with Crippen LogP contribution in [0.25, 0.3) is 0 Å². The monoisotopic (exact) mass is 315 g/mol. The summed E-state index contributed by atoms with van der Waals surface area (Å²) in [5.41, 5.74) is 0.725. The Morgan fingerprint density at radius 2 is 2.11 bits per heavy atom. The third kappa shape index (κ3) is 5.74. The van der Waals surface area contributed by atoms with Crippen LogP contribution in [0.5, 0.6) is 0 Å². The Morgan fingerprint density at radius 1 is 1.39 bits per heavy atom. The Kier molecular flexibility index (Phi) is 6.50. The van der Waals surface area contributed by atoms with Crippen LogP contribution in [0.15, 0.2) is 22.7 Å². The van der Waals surface area contributed by atoms with E-state index in [0.717, 1.165) is 29.5 Å². The van der Waals surface area contributed by atoms with E-state index in [-0.39, 0.29) is 11.6 Å². The summed E-state index contributed by atoms with van der Waals surface area (Å²) in [4.78, 5) is 12.9. The third-order valence-corrected chi connectivity index (χ3v) is 3.33. The van der Waals surface area contributed by atoms with Crippen LogP contribution in [0.4, 0.5) is 4.39 Å². The van der Waals surface area contributed by atoms with Crippen molar-refractivity contribution in [2.24, 2.45) is 0 Å². The van der Waals surface area contributed by atoms with E-state index in [1.54, 1.807) is 13.0 Å². The number of hydrogen-bond donors (Lipinski definition) is 0. The maximum atomic E-state index is 13.5. The lowest BCUT2D eigenvalue weighted by molar-refractivity contribution is -0.117. The van der Waals surface area contributed by atoms with E-state index in [2.05, 4.69) is 20.8 Å². The molecule has 0 aliphatic rings. The van der Waals surface area contributed by atoms with Crippen LogP contribution in [0.1, 0.15) is 25.3 Å². The van der Waals surface area contributed by atoms with E-state index in [1.165, 1.54) is 6.07 Å². The van der Waals surface area contributed by atoms with Crippen molar-refractivity contribution in [1.82, 2.24) is 4.90 Å². The summed E-state index contributed by atoms with van der Waals surface area (Å²) in [5.74, 6) is 0.0665. The SMILES string of the molecule is CC(=O)CCCN(C)CCc1cc(Br)ccc1F. The number of ketones is 1. The summed E-state index contributed by atoms with van der Waals surface area (Å²) in [6, 6.07) is 5.00. The molecule has 1 aromatic carbocycles. The van der Waals surface area contributed by atoms with Gasteiger partial charge in [0, 0.05) is 17.4 Å². The lowest BCUT2D eigenvalue weighted by Crippen LogP contribution is -2.23. The summed E-state index contributed by atoms with van der Waals surface area (Å²) in [6.45, 7) is 3.28. The summed E-state index contributed by atoms with van der Waals surface area (Å²) >= 11 is 3.34. The summed E-state index contributed by atoms with van der Waals surface area (Å²) < 4.78 is 14.4. The molecule has 100 valence electrons. The van der Waals surface area contributed by atoms with Gasteiger partial charge in [-0.25, -0.2) is 4.39 Å². The Balaban J connectivity index is 2.35. The average Bonchev–Trinajstić information content (AvgIpc) is 2.30. The van der Waals surface area contributed by atoms with Gasteiger partial charge in [0.2, 0.25) is 0 Å². The maximum absolute atomic E-state index is 13.5.